The molecular formula is C21H29ClN4O3. The number of amides is 2. The Kier molecular flexibility index (Phi) is 7.16. The van der Waals surface area contributed by atoms with Crippen LogP contribution in [-0.4, -0.2) is 79.6 Å². The van der Waals surface area contributed by atoms with Crippen LogP contribution in [0.1, 0.15) is 25.5 Å². The summed E-state index contributed by atoms with van der Waals surface area (Å²) in [5.41, 5.74) is 1.80. The third-order valence-electron chi connectivity index (χ3n) is 5.57. The van der Waals surface area contributed by atoms with Crippen molar-refractivity contribution < 1.29 is 14.3 Å². The number of benzene rings is 1. The van der Waals surface area contributed by atoms with Crippen LogP contribution in [0.4, 0.5) is 4.79 Å². The van der Waals surface area contributed by atoms with Gasteiger partial charge in [0.15, 0.2) is 0 Å². The molecule has 1 saturated heterocycles. The highest BCUT2D eigenvalue weighted by Crippen LogP contribution is 2.34. The molecule has 2 aliphatic rings. The van der Waals surface area contributed by atoms with E-state index in [2.05, 4.69) is 22.0 Å². The largest absolute Gasteiger partial charge is 0.463 e. The monoisotopic (exact) mass is 420 g/mol. The molecular weight excluding hydrogens is 392 g/mol. The number of esters is 1. The fraction of sp³-hybridized carbons (Fsp3) is 0.524. The summed E-state index contributed by atoms with van der Waals surface area (Å²) in [5.74, 6) is -0.425. The second kappa shape index (κ2) is 9.61. The zero-order valence-electron chi connectivity index (χ0n) is 17.3. The molecule has 1 N–H and O–H groups in total. The summed E-state index contributed by atoms with van der Waals surface area (Å²) < 4.78 is 5.37. The Bertz CT molecular complexity index is 790. The Morgan fingerprint density at radius 1 is 1.17 bits per heavy atom. The van der Waals surface area contributed by atoms with Gasteiger partial charge in [-0.1, -0.05) is 36.7 Å². The number of hydrogen-bond donors (Lipinski definition) is 1. The SMILES string of the molecule is CCOC(=O)C1=C(CN2CCN(CC)CC2)N(C)C(=O)N[C@H]1c1ccccc1Cl. The van der Waals surface area contributed by atoms with Gasteiger partial charge in [-0.3, -0.25) is 9.80 Å². The van der Waals surface area contributed by atoms with Crippen LogP contribution in [0.5, 0.6) is 0 Å². The molecule has 0 aromatic heterocycles. The summed E-state index contributed by atoms with van der Waals surface area (Å²) in [6.07, 6.45) is 0. The highest BCUT2D eigenvalue weighted by molar-refractivity contribution is 6.31. The number of halogens is 1. The lowest BCUT2D eigenvalue weighted by Crippen LogP contribution is -2.52. The zero-order valence-corrected chi connectivity index (χ0v) is 18.0. The normalized spacial score (nSPS) is 21.3. The van der Waals surface area contributed by atoms with Gasteiger partial charge in [0, 0.05) is 50.5 Å². The fourth-order valence-electron chi connectivity index (χ4n) is 3.82. The van der Waals surface area contributed by atoms with E-state index in [9.17, 15) is 9.59 Å². The topological polar surface area (TPSA) is 65.1 Å². The molecule has 0 aliphatic carbocycles. The average Bonchev–Trinajstić information content (AvgIpc) is 2.72. The number of urea groups is 1. The van der Waals surface area contributed by atoms with Crippen molar-refractivity contribution in [2.75, 3.05) is 52.9 Å². The number of nitrogens with one attached hydrogen (secondary N) is 1. The molecule has 1 fully saturated rings. The zero-order chi connectivity index (χ0) is 21.0. The molecule has 8 heteroatoms. The Labute approximate surface area is 177 Å². The molecule has 1 atom stereocenters. The van der Waals surface area contributed by atoms with Crippen molar-refractivity contribution in [2.24, 2.45) is 0 Å². The quantitative estimate of drug-likeness (QED) is 0.716. The van der Waals surface area contributed by atoms with E-state index >= 15 is 0 Å². The maximum Gasteiger partial charge on any atom is 0.338 e. The van der Waals surface area contributed by atoms with Crippen molar-refractivity contribution in [1.29, 1.82) is 0 Å². The van der Waals surface area contributed by atoms with Crippen LogP contribution in [0.25, 0.3) is 0 Å². The molecule has 0 saturated carbocycles. The molecule has 29 heavy (non-hydrogen) atoms. The molecule has 7 nitrogen and oxygen atoms in total. The molecule has 0 unspecified atom stereocenters. The lowest BCUT2D eigenvalue weighted by atomic mass is 9.94. The second-order valence-corrected chi connectivity index (χ2v) is 7.66. The van der Waals surface area contributed by atoms with Gasteiger partial charge in [0.1, 0.15) is 0 Å². The van der Waals surface area contributed by atoms with Crippen molar-refractivity contribution in [3.05, 3.63) is 46.1 Å². The van der Waals surface area contributed by atoms with Crippen LogP contribution in [-0.2, 0) is 9.53 Å². The third-order valence-corrected chi connectivity index (χ3v) is 5.92. The highest BCUT2D eigenvalue weighted by atomic mass is 35.5. The number of piperazine rings is 1. The third kappa shape index (κ3) is 4.74. The van der Waals surface area contributed by atoms with Gasteiger partial charge in [-0.05, 0) is 25.1 Å². The number of likely N-dealkylation sites (N-methyl/N-ethyl adjacent to an activating group) is 2. The lowest BCUT2D eigenvalue weighted by molar-refractivity contribution is -0.139. The Morgan fingerprint density at radius 2 is 1.83 bits per heavy atom. The van der Waals surface area contributed by atoms with Crippen LogP contribution in [0.2, 0.25) is 5.02 Å². The summed E-state index contributed by atoms with van der Waals surface area (Å²) in [6, 6.07) is 6.36. The molecule has 0 bridgehead atoms. The van der Waals surface area contributed by atoms with Crippen molar-refractivity contribution in [3.8, 4) is 0 Å². The number of rotatable bonds is 6. The van der Waals surface area contributed by atoms with Gasteiger partial charge < -0.3 is 15.0 Å². The van der Waals surface area contributed by atoms with Crippen LogP contribution in [0, 0.1) is 0 Å². The van der Waals surface area contributed by atoms with Crippen LogP contribution < -0.4 is 5.32 Å². The lowest BCUT2D eigenvalue weighted by Gasteiger charge is -2.39. The van der Waals surface area contributed by atoms with Crippen molar-refractivity contribution in [1.82, 2.24) is 20.0 Å². The summed E-state index contributed by atoms with van der Waals surface area (Å²) in [7, 11) is 1.69. The Balaban J connectivity index is 1.99. The minimum absolute atomic E-state index is 0.259. The van der Waals surface area contributed by atoms with Crippen molar-refractivity contribution in [3.63, 3.8) is 0 Å². The Morgan fingerprint density at radius 3 is 2.45 bits per heavy atom. The number of ether oxygens (including phenoxy) is 1. The average molecular weight is 421 g/mol. The van der Waals surface area contributed by atoms with E-state index in [-0.39, 0.29) is 12.6 Å². The number of carbonyl (C=O) groups excluding carboxylic acids is 2. The van der Waals surface area contributed by atoms with E-state index < -0.39 is 12.0 Å². The predicted octanol–water partition coefficient (Wildman–Crippen LogP) is 2.49. The molecule has 2 aliphatic heterocycles. The maximum atomic E-state index is 13.0. The number of carbonyl (C=O) groups is 2. The molecule has 2 amide bonds. The number of hydrogen-bond acceptors (Lipinski definition) is 5. The molecule has 0 radical (unpaired) electrons. The molecule has 1 aromatic rings. The van der Waals surface area contributed by atoms with Gasteiger partial charge in [-0.15, -0.1) is 0 Å². The minimum atomic E-state index is -0.640. The summed E-state index contributed by atoms with van der Waals surface area (Å²) in [4.78, 5) is 31.9. The standard InChI is InChI=1S/C21H29ClN4O3/c1-4-25-10-12-26(13-11-25)14-17-18(20(27)29-5-2)19(23-21(28)24(17)3)15-8-6-7-9-16(15)22/h6-9,19H,4-5,10-14H2,1-3H3,(H,23,28)/t19-/m0/s1. The van der Waals surface area contributed by atoms with E-state index in [1.165, 1.54) is 4.90 Å². The smallest absolute Gasteiger partial charge is 0.338 e. The molecule has 0 spiro atoms. The predicted molar refractivity (Wildman–Crippen MR) is 113 cm³/mol. The van der Waals surface area contributed by atoms with Gasteiger partial charge in [-0.25, -0.2) is 9.59 Å². The highest BCUT2D eigenvalue weighted by Gasteiger charge is 2.38. The van der Waals surface area contributed by atoms with E-state index in [0.717, 1.165) is 32.7 Å². The number of nitrogens with zero attached hydrogens (tertiary/aromatic N) is 3. The van der Waals surface area contributed by atoms with Crippen LogP contribution in [0.15, 0.2) is 35.5 Å². The van der Waals surface area contributed by atoms with Crippen LogP contribution >= 0.6 is 11.6 Å². The van der Waals surface area contributed by atoms with E-state index in [0.29, 0.717) is 28.4 Å². The first-order valence-electron chi connectivity index (χ1n) is 10.1. The molecule has 158 valence electrons. The fourth-order valence-corrected chi connectivity index (χ4v) is 4.06. The van der Waals surface area contributed by atoms with E-state index in [4.69, 9.17) is 16.3 Å². The first-order chi connectivity index (χ1) is 14.0. The van der Waals surface area contributed by atoms with E-state index in [1.807, 2.05) is 18.2 Å². The van der Waals surface area contributed by atoms with Crippen molar-refractivity contribution >= 4 is 23.6 Å². The van der Waals surface area contributed by atoms with Gasteiger partial charge >= 0.3 is 12.0 Å². The maximum absolute atomic E-state index is 13.0. The molecule has 2 heterocycles. The summed E-state index contributed by atoms with van der Waals surface area (Å²) >= 11 is 6.40. The first-order valence-corrected chi connectivity index (χ1v) is 10.5. The van der Waals surface area contributed by atoms with E-state index in [1.54, 1.807) is 20.0 Å². The van der Waals surface area contributed by atoms with Crippen LogP contribution in [0.3, 0.4) is 0 Å². The summed E-state index contributed by atoms with van der Waals surface area (Å²) in [5, 5.41) is 3.41. The van der Waals surface area contributed by atoms with Gasteiger partial charge in [-0.2, -0.15) is 0 Å². The second-order valence-electron chi connectivity index (χ2n) is 7.25. The molecule has 3 rings (SSSR count). The van der Waals surface area contributed by atoms with Gasteiger partial charge in [0.05, 0.1) is 18.2 Å². The van der Waals surface area contributed by atoms with Crippen molar-refractivity contribution in [2.45, 2.75) is 19.9 Å². The Hall–Kier alpha value is -2.09. The summed E-state index contributed by atoms with van der Waals surface area (Å²) in [6.45, 7) is 9.46. The minimum Gasteiger partial charge on any atom is -0.463 e. The first kappa shape index (κ1) is 21.6. The molecule has 1 aromatic carbocycles. The van der Waals surface area contributed by atoms with Gasteiger partial charge in [0.25, 0.3) is 0 Å². The van der Waals surface area contributed by atoms with Gasteiger partial charge in [0.2, 0.25) is 0 Å².